The van der Waals surface area contributed by atoms with Crippen LogP contribution in [0.2, 0.25) is 0 Å². The molecule has 12 fully saturated rings. The molecule has 816 valence electrons. The lowest BCUT2D eigenvalue weighted by Gasteiger charge is -2.53. The minimum absolute atomic E-state index is 0.846. The van der Waals surface area contributed by atoms with E-state index in [1.807, 2.05) is 0 Å². The molecule has 0 bridgehead atoms. The monoisotopic (exact) mass is 2060 g/mol. The van der Waals surface area contributed by atoms with Gasteiger partial charge in [0.25, 0.3) is 0 Å². The van der Waals surface area contributed by atoms with Crippen LogP contribution in [0, 0.1) is 0 Å². The SMILES string of the molecule is CC(=O)N[C@@H]1[C@@H](O)[C@H](O[C@@H]2O[C@H](CO)[C@@H](O[C@@H]3O[C@H](CO[C@H]4O[C@H](CO)[C@@H](O)[C@H](O)[C@@H]4O[C@@H]4O[C@H](CO)[C@@H](O[C@@H]5O[C@H](CO)[C@H](O)[C@H](O)[C@H]5O)[C@H](O[C@@H]5O[C@@H](C)[C@@H](O)[C@@H](O)[C@@H]5O)[C@H]4NC(C)=O)[C@@H](O)[C@H](O[C@H]4O[C@H](CO)[C@@H](O)[C@H](O)[C@@H]4O[C@@H]4O[C@H](CO)[C@@H](O[C@@H]5O[C@H](CO)[C@H](O)[C@H](O)[C@H]5O)[C@H](O[C@@H]5O[C@@H](C)[C@@H](O)[C@@H](O)[C@@H]5O)[C@H]4NC(C)=O)[C@@H]3O[C@@H]3OC[C@@H](O)[C@H](O)[C@H]3O)[C@H](O)[C@H]2NC(C)=O)[C@@H](CO)O[C@H]1O. The first kappa shape index (κ1) is 115. The predicted octanol–water partition coefficient (Wildman–Crippen LogP) is -23.9. The minimum Gasteiger partial charge on any atom is -0.394 e. The number of ether oxygens (including phenoxy) is 23. The first-order valence-electron chi connectivity index (χ1n) is 45.3. The van der Waals surface area contributed by atoms with Gasteiger partial charge in [-0.3, -0.25) is 19.2 Å². The molecular formula is C79H132N4O58. The number of aliphatic hydroxyl groups excluding tert-OH is 31. The van der Waals surface area contributed by atoms with Gasteiger partial charge < -0.3 is 289 Å². The quantitative estimate of drug-likeness (QED) is 0.0280. The smallest absolute Gasteiger partial charge is 0.217 e. The third-order valence-corrected chi connectivity index (χ3v) is 26.2. The number of carbonyl (C=O) groups excluding carboxylic acids is 4. The van der Waals surface area contributed by atoms with E-state index in [9.17, 15) is 177 Å². The summed E-state index contributed by atoms with van der Waals surface area (Å²) in [6.45, 7) is -6.00. The summed E-state index contributed by atoms with van der Waals surface area (Å²) < 4.78 is 141. The van der Waals surface area contributed by atoms with Gasteiger partial charge in [-0.1, -0.05) is 0 Å². The van der Waals surface area contributed by atoms with E-state index in [1.165, 1.54) is 13.8 Å². The molecule has 141 heavy (non-hydrogen) atoms. The van der Waals surface area contributed by atoms with Gasteiger partial charge in [-0.2, -0.15) is 0 Å². The summed E-state index contributed by atoms with van der Waals surface area (Å²) in [5.74, 6) is -4.02. The van der Waals surface area contributed by atoms with Crippen LogP contribution >= 0.6 is 0 Å². The van der Waals surface area contributed by atoms with E-state index in [1.54, 1.807) is 0 Å². The van der Waals surface area contributed by atoms with Crippen molar-refractivity contribution in [1.82, 2.24) is 21.3 Å². The van der Waals surface area contributed by atoms with Crippen LogP contribution in [0.25, 0.3) is 0 Å². The van der Waals surface area contributed by atoms with Crippen LogP contribution in [0.4, 0.5) is 0 Å². The fourth-order valence-corrected chi connectivity index (χ4v) is 18.5. The number of carbonyl (C=O) groups is 4. The second-order valence-electron chi connectivity index (χ2n) is 36.1. The number of amides is 4. The minimum atomic E-state index is -2.73. The number of rotatable bonds is 35. The molecule has 0 aromatic rings. The Morgan fingerprint density at radius 1 is 0.227 bits per heavy atom. The Labute approximate surface area is 798 Å². The molecule has 0 aromatic carbocycles. The molecule has 62 heteroatoms. The molecule has 0 aromatic heterocycles. The van der Waals surface area contributed by atoms with Crippen LogP contribution in [-0.2, 0) is 128 Å². The largest absolute Gasteiger partial charge is 0.394 e. The highest BCUT2D eigenvalue weighted by atomic mass is 16.8. The van der Waals surface area contributed by atoms with Gasteiger partial charge in [0.15, 0.2) is 75.5 Å². The van der Waals surface area contributed by atoms with Crippen LogP contribution in [0.5, 0.6) is 0 Å². The Morgan fingerprint density at radius 2 is 0.504 bits per heavy atom. The zero-order valence-corrected chi connectivity index (χ0v) is 76.0. The van der Waals surface area contributed by atoms with Gasteiger partial charge >= 0.3 is 0 Å². The van der Waals surface area contributed by atoms with E-state index in [-0.39, 0.29) is 0 Å². The van der Waals surface area contributed by atoms with Gasteiger partial charge in [0, 0.05) is 27.7 Å². The normalized spacial score (nSPS) is 50.7. The van der Waals surface area contributed by atoms with Gasteiger partial charge in [0.05, 0.1) is 78.3 Å². The van der Waals surface area contributed by atoms with Crippen LogP contribution in [-0.4, -0.2) is 610 Å². The van der Waals surface area contributed by atoms with Crippen molar-refractivity contribution in [2.24, 2.45) is 0 Å². The summed E-state index contributed by atoms with van der Waals surface area (Å²) in [7, 11) is 0. The molecule has 12 saturated heterocycles. The van der Waals surface area contributed by atoms with E-state index in [0.717, 1.165) is 27.7 Å². The Kier molecular flexibility index (Phi) is 41.0. The molecular weight excluding hydrogens is 1930 g/mol. The number of aliphatic hydroxyl groups is 31. The van der Waals surface area contributed by atoms with Crippen LogP contribution in [0.3, 0.4) is 0 Å². The van der Waals surface area contributed by atoms with E-state index in [2.05, 4.69) is 21.3 Å². The lowest BCUT2D eigenvalue weighted by Crippen LogP contribution is -2.72. The third kappa shape index (κ3) is 25.3. The van der Waals surface area contributed by atoms with Gasteiger partial charge in [-0.15, -0.1) is 0 Å². The van der Waals surface area contributed by atoms with Gasteiger partial charge in [-0.05, 0) is 13.8 Å². The van der Waals surface area contributed by atoms with Gasteiger partial charge in [0.1, 0.15) is 274 Å². The van der Waals surface area contributed by atoms with Crippen molar-refractivity contribution in [3.8, 4) is 0 Å². The topological polar surface area (TPSA) is 956 Å². The Bertz CT molecular complexity index is 3900. The van der Waals surface area contributed by atoms with Crippen LogP contribution in [0.1, 0.15) is 41.5 Å². The number of hydrogen-bond acceptors (Lipinski definition) is 58. The van der Waals surface area contributed by atoms with Crippen molar-refractivity contribution < 1.29 is 286 Å². The summed E-state index contributed by atoms with van der Waals surface area (Å²) >= 11 is 0. The van der Waals surface area contributed by atoms with Crippen molar-refractivity contribution in [3.05, 3.63) is 0 Å². The van der Waals surface area contributed by atoms with E-state index >= 15 is 0 Å². The van der Waals surface area contributed by atoms with Crippen LogP contribution in [0.15, 0.2) is 0 Å². The van der Waals surface area contributed by atoms with E-state index in [4.69, 9.17) is 109 Å². The lowest BCUT2D eigenvalue weighted by atomic mass is 9.93. The Balaban J connectivity index is 0.968. The first-order chi connectivity index (χ1) is 66.7. The number of nitrogens with one attached hydrogen (secondary N) is 4. The van der Waals surface area contributed by atoms with Gasteiger partial charge in [-0.25, -0.2) is 0 Å². The molecule has 12 aliphatic rings. The molecule has 12 heterocycles. The highest BCUT2D eigenvalue weighted by Crippen LogP contribution is 2.44. The lowest BCUT2D eigenvalue weighted by molar-refractivity contribution is -0.414. The maximum absolute atomic E-state index is 13.8. The van der Waals surface area contributed by atoms with Crippen molar-refractivity contribution in [3.63, 3.8) is 0 Å². The van der Waals surface area contributed by atoms with Crippen molar-refractivity contribution in [2.75, 3.05) is 66.1 Å². The van der Waals surface area contributed by atoms with Crippen molar-refractivity contribution >= 4 is 23.6 Å². The molecule has 59 atom stereocenters. The number of hydrogen-bond donors (Lipinski definition) is 35. The molecule has 35 N–H and O–H groups in total. The summed E-state index contributed by atoms with van der Waals surface area (Å²) in [6.07, 6.45) is -121. The standard InChI is InChI=1S/C79H132N4O58/c1-17-37(97)47(107)54(114)73(121-17)136-62-35(82-21(5)94)70(129-30(13-90)60(62)134-75-56(116)49(109)40(100)24(7-84)124-75)139-65-51(111)42(102)26(9-86)126-77(65)120-16-32-44(104)64(67(141-72-53(113)39(99)23(96)15-119-72)79(131-32)133-59-29(12-89)128-69(34(46(59)106)81-20(4)93)132-58-28(11-88)123-68(118)33(45(58)105)80-19(3)92)138-78-66(52(112)43(103)27(10-87)127-78)140-71-36(83-22(6)95)63(137-74-55(115)48(108)38(98)18(2)122-74)61(31(14-91)130-71)135-76-57(117)50(110)41(101)25(8-85)125-76/h17-18,23-79,84-91,96-118H,7-16H2,1-6H3,(H,80,92)(H,81,93)(H,82,94)(H,83,95)/t17-,18-,23+,24+,25+,26+,27+,28+,29+,30+,31+,32+,33+,34+,35+,36+,37+,38+,39-,40-,41-,42+,43+,44+,45+,46+,47+,48+,49-,50-,51-,52-,53+,54-,55-,56+,57+,58+,59+,60+,61+,62+,63+,64-,65-,66-,67-,68+,69-,70-,71-,72-,73-,74-,75-,76-,77-,78+,79-/m0/s1. The summed E-state index contributed by atoms with van der Waals surface area (Å²) in [5.41, 5.74) is 0. The zero-order chi connectivity index (χ0) is 104. The second-order valence-corrected chi connectivity index (χ2v) is 36.1. The highest BCUT2D eigenvalue weighted by Gasteiger charge is 2.64. The fourth-order valence-electron chi connectivity index (χ4n) is 18.5. The molecule has 0 unspecified atom stereocenters. The summed E-state index contributed by atoms with van der Waals surface area (Å²) in [4.78, 5) is 53.3. The van der Waals surface area contributed by atoms with E-state index < -0.39 is 452 Å². The first-order valence-corrected chi connectivity index (χ1v) is 45.3. The Morgan fingerprint density at radius 3 is 0.922 bits per heavy atom. The zero-order valence-electron chi connectivity index (χ0n) is 76.0. The van der Waals surface area contributed by atoms with Crippen LogP contribution < -0.4 is 21.3 Å². The maximum Gasteiger partial charge on any atom is 0.217 e. The van der Waals surface area contributed by atoms with Crippen molar-refractivity contribution in [2.45, 2.75) is 404 Å². The molecule has 62 nitrogen and oxygen atoms in total. The highest BCUT2D eigenvalue weighted by molar-refractivity contribution is 5.74. The van der Waals surface area contributed by atoms with E-state index in [0.29, 0.717) is 0 Å². The summed E-state index contributed by atoms with van der Waals surface area (Å²) in [5, 5.41) is 361. The predicted molar refractivity (Wildman–Crippen MR) is 433 cm³/mol. The molecule has 0 spiro atoms. The molecule has 12 aliphatic heterocycles. The molecule has 4 amide bonds. The Hall–Kier alpha value is -4.28. The average molecular weight is 2070 g/mol. The molecule has 0 radical (unpaired) electrons. The van der Waals surface area contributed by atoms with Crippen molar-refractivity contribution in [1.29, 1.82) is 0 Å². The van der Waals surface area contributed by atoms with Gasteiger partial charge in [0.2, 0.25) is 23.6 Å². The molecule has 0 saturated carbocycles. The molecule has 0 aliphatic carbocycles. The average Bonchev–Trinajstić information content (AvgIpc) is 0.759. The third-order valence-electron chi connectivity index (χ3n) is 26.2. The maximum atomic E-state index is 13.8. The second kappa shape index (κ2) is 50.1. The summed E-state index contributed by atoms with van der Waals surface area (Å²) in [6, 6.07) is -8.10. The fraction of sp³-hybridized carbons (Fsp3) is 0.949. The molecule has 12 rings (SSSR count).